The molecule has 168 valence electrons. The molecule has 0 amide bonds. The van der Waals surface area contributed by atoms with Gasteiger partial charge in [-0.15, -0.1) is 11.8 Å². The first-order chi connectivity index (χ1) is 15.0. The molecule has 0 radical (unpaired) electrons. The summed E-state index contributed by atoms with van der Waals surface area (Å²) in [6.07, 6.45) is 21.5. The van der Waals surface area contributed by atoms with Crippen molar-refractivity contribution in [3.8, 4) is 11.8 Å². The molecular formula is C30H43N. The number of hydrogen-bond acceptors (Lipinski definition) is 1. The van der Waals surface area contributed by atoms with Crippen LogP contribution in [0.5, 0.6) is 0 Å². The van der Waals surface area contributed by atoms with Gasteiger partial charge < -0.3 is 0 Å². The highest BCUT2D eigenvalue weighted by atomic mass is 15.4. The van der Waals surface area contributed by atoms with Crippen LogP contribution in [-0.4, -0.2) is 23.5 Å². The van der Waals surface area contributed by atoms with Gasteiger partial charge in [-0.3, -0.25) is 4.90 Å². The van der Waals surface area contributed by atoms with Crippen molar-refractivity contribution >= 4 is 0 Å². The van der Waals surface area contributed by atoms with Crippen molar-refractivity contribution in [2.24, 2.45) is 34.0 Å². The van der Waals surface area contributed by atoms with Crippen LogP contribution in [0.3, 0.4) is 0 Å². The van der Waals surface area contributed by atoms with Crippen LogP contribution in [-0.2, 0) is 0 Å². The summed E-state index contributed by atoms with van der Waals surface area (Å²) in [5.41, 5.74) is 5.73. The number of rotatable bonds is 1. The topological polar surface area (TPSA) is 3.01 Å². The second kappa shape index (κ2) is 6.44. The molecule has 7 rings (SSSR count). The molecule has 5 aliphatic carbocycles. The third-order valence-electron chi connectivity index (χ3n) is 12.7. The van der Waals surface area contributed by atoms with E-state index in [1.54, 1.807) is 5.57 Å². The molecule has 31 heavy (non-hydrogen) atoms. The van der Waals surface area contributed by atoms with Crippen LogP contribution in [0, 0.1) is 45.8 Å². The standard InChI is InChI=1S/C30H43N/c1-22-13-18-30-25(23-9-4-3-5-10-23)14-17-28(19-26(22)30)20-31-21-29(31)16-8-12-24(29)11-6-7-15-27(28,30)2/h23-25H,3-5,8-21H2,1-2H3/t24-,25-,27+,28-,29+,30+,31?/m0/s1. The summed E-state index contributed by atoms with van der Waals surface area (Å²) in [5.74, 6) is 10.5. The molecule has 0 aromatic heterocycles. The Kier molecular flexibility index (Phi) is 4.09. The molecule has 1 unspecified atom stereocenters. The lowest BCUT2D eigenvalue weighted by molar-refractivity contribution is -0.114. The van der Waals surface area contributed by atoms with E-state index in [1.807, 2.05) is 5.57 Å². The average Bonchev–Trinajstić information content (AvgIpc) is 3.11. The van der Waals surface area contributed by atoms with Gasteiger partial charge in [-0.2, -0.15) is 0 Å². The van der Waals surface area contributed by atoms with Gasteiger partial charge in [-0.1, -0.05) is 56.6 Å². The summed E-state index contributed by atoms with van der Waals surface area (Å²) in [6, 6.07) is 0. The highest BCUT2D eigenvalue weighted by molar-refractivity contribution is 5.43. The van der Waals surface area contributed by atoms with E-state index in [-0.39, 0.29) is 0 Å². The summed E-state index contributed by atoms with van der Waals surface area (Å²) in [6.45, 7) is 8.09. The quantitative estimate of drug-likeness (QED) is 0.249. The van der Waals surface area contributed by atoms with Crippen molar-refractivity contribution in [2.75, 3.05) is 13.1 Å². The predicted octanol–water partition coefficient (Wildman–Crippen LogP) is 7.12. The van der Waals surface area contributed by atoms with Crippen LogP contribution in [0.2, 0.25) is 0 Å². The van der Waals surface area contributed by atoms with Gasteiger partial charge in [-0.05, 0) is 80.5 Å². The molecule has 0 aromatic carbocycles. The maximum atomic E-state index is 3.89. The summed E-state index contributed by atoms with van der Waals surface area (Å²) in [7, 11) is 0. The van der Waals surface area contributed by atoms with E-state index in [2.05, 4.69) is 30.6 Å². The van der Waals surface area contributed by atoms with Crippen molar-refractivity contribution in [2.45, 2.75) is 116 Å². The zero-order valence-electron chi connectivity index (χ0n) is 20.2. The Balaban J connectivity index is 1.35. The van der Waals surface area contributed by atoms with Crippen LogP contribution in [0.1, 0.15) is 110 Å². The summed E-state index contributed by atoms with van der Waals surface area (Å²) in [4.78, 5) is 3.00. The van der Waals surface area contributed by atoms with Crippen LogP contribution in [0.4, 0.5) is 0 Å². The van der Waals surface area contributed by atoms with Gasteiger partial charge in [0.25, 0.3) is 0 Å². The van der Waals surface area contributed by atoms with Crippen LogP contribution in [0.25, 0.3) is 0 Å². The molecule has 4 saturated carbocycles. The molecule has 0 N–H and O–H groups in total. The Morgan fingerprint density at radius 1 is 0.903 bits per heavy atom. The van der Waals surface area contributed by atoms with Gasteiger partial charge in [0.1, 0.15) is 0 Å². The van der Waals surface area contributed by atoms with E-state index in [0.717, 1.165) is 17.8 Å². The first-order valence-corrected chi connectivity index (χ1v) is 13.9. The van der Waals surface area contributed by atoms with Crippen molar-refractivity contribution in [3.63, 3.8) is 0 Å². The van der Waals surface area contributed by atoms with Gasteiger partial charge in [0.15, 0.2) is 0 Å². The van der Waals surface area contributed by atoms with Crippen molar-refractivity contribution in [3.05, 3.63) is 11.1 Å². The largest absolute Gasteiger partial charge is 0.294 e. The molecule has 2 spiro atoms. The molecular weight excluding hydrogens is 374 g/mol. The van der Waals surface area contributed by atoms with E-state index in [9.17, 15) is 0 Å². The van der Waals surface area contributed by atoms with Gasteiger partial charge in [-0.25, -0.2) is 0 Å². The van der Waals surface area contributed by atoms with E-state index >= 15 is 0 Å². The third-order valence-corrected chi connectivity index (χ3v) is 12.7. The first-order valence-electron chi connectivity index (χ1n) is 13.9. The summed E-state index contributed by atoms with van der Waals surface area (Å²) >= 11 is 0. The molecule has 0 aromatic rings. The van der Waals surface area contributed by atoms with Gasteiger partial charge in [0.05, 0.1) is 0 Å². The molecule has 7 atom stereocenters. The molecule has 5 fully saturated rings. The van der Waals surface area contributed by atoms with Crippen molar-refractivity contribution in [1.29, 1.82) is 0 Å². The fourth-order valence-electron chi connectivity index (χ4n) is 11.0. The molecule has 1 heteroatoms. The third kappa shape index (κ3) is 2.30. The SMILES string of the molecule is CC1=C2C[C@]34CC[C@@H](C5CCCCC5)[C@@]2(CC1)[C@]3(C)CC#CC[C@H]1CCC[C@@]12CN2C4. The first kappa shape index (κ1) is 19.7. The van der Waals surface area contributed by atoms with E-state index in [1.165, 1.54) is 109 Å². The summed E-state index contributed by atoms with van der Waals surface area (Å²) < 4.78 is 0. The Morgan fingerprint density at radius 3 is 2.65 bits per heavy atom. The lowest BCUT2D eigenvalue weighted by Gasteiger charge is -2.61. The molecule has 2 aliphatic heterocycles. The second-order valence-electron chi connectivity index (χ2n) is 13.3. The molecule has 1 nitrogen and oxygen atoms in total. The second-order valence-corrected chi connectivity index (χ2v) is 13.3. The predicted molar refractivity (Wildman–Crippen MR) is 127 cm³/mol. The minimum absolute atomic E-state index is 0.398. The average molecular weight is 418 g/mol. The Hall–Kier alpha value is -0.740. The van der Waals surface area contributed by atoms with Crippen molar-refractivity contribution in [1.82, 2.24) is 4.90 Å². The smallest absolute Gasteiger partial charge is 0.0374 e. The maximum absolute atomic E-state index is 3.89. The maximum Gasteiger partial charge on any atom is 0.0374 e. The lowest BCUT2D eigenvalue weighted by Crippen LogP contribution is -2.56. The van der Waals surface area contributed by atoms with E-state index in [0.29, 0.717) is 21.8 Å². The minimum Gasteiger partial charge on any atom is -0.294 e. The number of allylic oxidation sites excluding steroid dienone is 2. The minimum atomic E-state index is 0.398. The van der Waals surface area contributed by atoms with Gasteiger partial charge in [0, 0.05) is 36.9 Å². The lowest BCUT2D eigenvalue weighted by atomic mass is 9.43. The van der Waals surface area contributed by atoms with Gasteiger partial charge >= 0.3 is 0 Å². The Labute approximate surface area is 190 Å². The Bertz CT molecular complexity index is 882. The molecule has 7 aliphatic rings. The highest BCUT2D eigenvalue weighted by Crippen LogP contribution is 2.80. The van der Waals surface area contributed by atoms with Crippen LogP contribution < -0.4 is 0 Å². The monoisotopic (exact) mass is 417 g/mol. The van der Waals surface area contributed by atoms with Crippen LogP contribution in [0.15, 0.2) is 11.1 Å². The summed E-state index contributed by atoms with van der Waals surface area (Å²) in [5, 5.41) is 0. The zero-order chi connectivity index (χ0) is 20.9. The van der Waals surface area contributed by atoms with E-state index in [4.69, 9.17) is 0 Å². The zero-order valence-corrected chi connectivity index (χ0v) is 20.2. The van der Waals surface area contributed by atoms with Crippen LogP contribution >= 0.6 is 0 Å². The van der Waals surface area contributed by atoms with Crippen molar-refractivity contribution < 1.29 is 0 Å². The Morgan fingerprint density at radius 2 is 1.77 bits per heavy atom. The molecule has 2 heterocycles. The van der Waals surface area contributed by atoms with E-state index < -0.39 is 0 Å². The fourth-order valence-corrected chi connectivity index (χ4v) is 11.0. The molecule has 1 saturated heterocycles. The normalized spacial score (nSPS) is 53.2. The number of nitrogens with zero attached hydrogens (tertiary/aromatic N) is 1. The fraction of sp³-hybridized carbons (Fsp3) is 0.867. The molecule has 2 bridgehead atoms. The highest BCUT2D eigenvalue weighted by Gasteiger charge is 2.74. The van der Waals surface area contributed by atoms with Gasteiger partial charge in [0.2, 0.25) is 0 Å². The number of hydrogen-bond donors (Lipinski definition) is 0.